The Labute approximate surface area is 136 Å². The first-order chi connectivity index (χ1) is 11.0. The molecule has 4 heteroatoms. The molecule has 0 radical (unpaired) electrons. The molecule has 0 fully saturated rings. The van der Waals surface area contributed by atoms with Crippen LogP contribution in [-0.4, -0.2) is 10.2 Å². The van der Waals surface area contributed by atoms with Crippen LogP contribution in [-0.2, 0) is 6.61 Å². The molecule has 1 aromatic heterocycles. The largest absolute Gasteiger partial charge is 0.484 e. The van der Waals surface area contributed by atoms with E-state index in [2.05, 4.69) is 30.1 Å². The van der Waals surface area contributed by atoms with Gasteiger partial charge in [-0.05, 0) is 62.1 Å². The molecule has 0 bridgehead atoms. The van der Waals surface area contributed by atoms with Crippen LogP contribution >= 0.6 is 0 Å². The van der Waals surface area contributed by atoms with Crippen molar-refractivity contribution in [3.05, 3.63) is 64.5 Å². The second kappa shape index (κ2) is 6.24. The molecule has 1 heterocycles. The topological polar surface area (TPSA) is 48.2 Å². The molecule has 0 amide bonds. The molecule has 118 valence electrons. The van der Waals surface area contributed by atoms with Gasteiger partial charge < -0.3 is 9.15 Å². The van der Waals surface area contributed by atoms with E-state index in [9.17, 15) is 0 Å². The summed E-state index contributed by atoms with van der Waals surface area (Å²) in [7, 11) is 0. The van der Waals surface area contributed by atoms with Gasteiger partial charge >= 0.3 is 0 Å². The van der Waals surface area contributed by atoms with Gasteiger partial charge in [0.25, 0.3) is 5.89 Å². The molecule has 23 heavy (non-hydrogen) atoms. The van der Waals surface area contributed by atoms with Crippen molar-refractivity contribution in [2.75, 3.05) is 0 Å². The van der Waals surface area contributed by atoms with Crippen LogP contribution in [0.15, 0.2) is 40.8 Å². The summed E-state index contributed by atoms with van der Waals surface area (Å²) < 4.78 is 11.6. The summed E-state index contributed by atoms with van der Waals surface area (Å²) in [6.07, 6.45) is 0. The number of aromatic nitrogens is 2. The van der Waals surface area contributed by atoms with Gasteiger partial charge in [0.15, 0.2) is 6.61 Å². The maximum absolute atomic E-state index is 5.84. The molecule has 0 aliphatic carbocycles. The van der Waals surface area contributed by atoms with Crippen LogP contribution in [0.2, 0.25) is 0 Å². The molecule has 0 unspecified atom stereocenters. The summed E-state index contributed by atoms with van der Waals surface area (Å²) in [6.45, 7) is 8.49. The van der Waals surface area contributed by atoms with Crippen molar-refractivity contribution in [1.29, 1.82) is 0 Å². The van der Waals surface area contributed by atoms with Crippen molar-refractivity contribution in [1.82, 2.24) is 10.2 Å². The molecule has 3 aromatic rings. The third kappa shape index (κ3) is 3.26. The molecular weight excluding hydrogens is 288 g/mol. The van der Waals surface area contributed by atoms with Crippen LogP contribution < -0.4 is 4.74 Å². The zero-order valence-corrected chi connectivity index (χ0v) is 13.9. The lowest BCUT2D eigenvalue weighted by Gasteiger charge is -2.10. The van der Waals surface area contributed by atoms with Gasteiger partial charge in [-0.1, -0.05) is 24.3 Å². The van der Waals surface area contributed by atoms with Crippen molar-refractivity contribution >= 4 is 0 Å². The average Bonchev–Trinajstić information content (AvgIpc) is 2.99. The molecular formula is C19H20N2O2. The Kier molecular flexibility index (Phi) is 4.15. The lowest BCUT2D eigenvalue weighted by molar-refractivity contribution is 0.262. The number of nitrogens with zero attached hydrogens (tertiary/aromatic N) is 2. The van der Waals surface area contributed by atoms with E-state index in [0.29, 0.717) is 11.8 Å². The summed E-state index contributed by atoms with van der Waals surface area (Å²) in [5.41, 5.74) is 5.63. The minimum absolute atomic E-state index is 0.266. The van der Waals surface area contributed by atoms with Crippen LogP contribution in [0.5, 0.6) is 5.75 Å². The zero-order chi connectivity index (χ0) is 16.4. The Bertz CT molecular complexity index is 837. The fourth-order valence-corrected chi connectivity index (χ4v) is 2.46. The molecule has 3 rings (SSSR count). The first kappa shape index (κ1) is 15.3. The molecule has 2 aromatic carbocycles. The quantitative estimate of drug-likeness (QED) is 0.709. The maximum Gasteiger partial charge on any atom is 0.254 e. The van der Waals surface area contributed by atoms with Crippen LogP contribution in [0.1, 0.15) is 28.1 Å². The third-order valence-corrected chi connectivity index (χ3v) is 3.98. The summed E-state index contributed by atoms with van der Waals surface area (Å²) in [4.78, 5) is 0. The van der Waals surface area contributed by atoms with E-state index in [0.717, 1.165) is 22.4 Å². The van der Waals surface area contributed by atoms with Gasteiger partial charge in [0.05, 0.1) is 0 Å². The van der Waals surface area contributed by atoms with Gasteiger partial charge in [-0.15, -0.1) is 10.2 Å². The Hall–Kier alpha value is -2.62. The minimum Gasteiger partial charge on any atom is -0.484 e. The Morgan fingerprint density at radius 3 is 2.39 bits per heavy atom. The van der Waals surface area contributed by atoms with E-state index in [1.807, 2.05) is 44.2 Å². The summed E-state index contributed by atoms with van der Waals surface area (Å²) in [5.74, 6) is 1.85. The predicted octanol–water partition coefficient (Wildman–Crippen LogP) is 4.55. The van der Waals surface area contributed by atoms with E-state index in [4.69, 9.17) is 9.15 Å². The Balaban J connectivity index is 1.76. The van der Waals surface area contributed by atoms with Crippen LogP contribution in [0.3, 0.4) is 0 Å². The second-order valence-electron chi connectivity index (χ2n) is 5.81. The number of hydrogen-bond donors (Lipinski definition) is 0. The predicted molar refractivity (Wildman–Crippen MR) is 89.5 cm³/mol. The number of benzene rings is 2. The fraction of sp³-hybridized carbons (Fsp3) is 0.263. The Morgan fingerprint density at radius 2 is 1.61 bits per heavy atom. The first-order valence-electron chi connectivity index (χ1n) is 7.63. The van der Waals surface area contributed by atoms with E-state index in [1.165, 1.54) is 11.1 Å². The number of ether oxygens (including phenoxy) is 1. The first-order valence-corrected chi connectivity index (χ1v) is 7.63. The van der Waals surface area contributed by atoms with Gasteiger partial charge in [0, 0.05) is 5.56 Å². The van der Waals surface area contributed by atoms with Gasteiger partial charge in [0.1, 0.15) is 5.75 Å². The van der Waals surface area contributed by atoms with Crippen LogP contribution in [0.4, 0.5) is 0 Å². The smallest absolute Gasteiger partial charge is 0.254 e. The highest BCUT2D eigenvalue weighted by molar-refractivity contribution is 5.57. The van der Waals surface area contributed by atoms with E-state index >= 15 is 0 Å². The van der Waals surface area contributed by atoms with Crippen molar-refractivity contribution in [2.24, 2.45) is 0 Å². The number of hydrogen-bond acceptors (Lipinski definition) is 4. The highest BCUT2D eigenvalue weighted by atomic mass is 16.5. The lowest BCUT2D eigenvalue weighted by atomic mass is 10.1. The average molecular weight is 308 g/mol. The van der Waals surface area contributed by atoms with Crippen molar-refractivity contribution < 1.29 is 9.15 Å². The van der Waals surface area contributed by atoms with Gasteiger partial charge in [-0.2, -0.15) is 0 Å². The summed E-state index contributed by atoms with van der Waals surface area (Å²) in [6, 6.07) is 12.1. The zero-order valence-electron chi connectivity index (χ0n) is 13.9. The van der Waals surface area contributed by atoms with E-state index < -0.39 is 0 Å². The lowest BCUT2D eigenvalue weighted by Crippen LogP contribution is -1.98. The van der Waals surface area contributed by atoms with E-state index in [-0.39, 0.29) is 6.61 Å². The second-order valence-corrected chi connectivity index (χ2v) is 5.81. The van der Waals surface area contributed by atoms with Crippen LogP contribution in [0.25, 0.3) is 11.5 Å². The molecule has 0 aliphatic rings. The van der Waals surface area contributed by atoms with Gasteiger partial charge in [-0.3, -0.25) is 0 Å². The highest BCUT2D eigenvalue weighted by Crippen LogP contribution is 2.25. The molecule has 0 atom stereocenters. The van der Waals surface area contributed by atoms with E-state index in [1.54, 1.807) is 0 Å². The highest BCUT2D eigenvalue weighted by Gasteiger charge is 2.11. The van der Waals surface area contributed by atoms with Crippen LogP contribution in [0, 0.1) is 27.7 Å². The standard InChI is InChI=1S/C19H20N2O2/c1-12-7-5-6-8-16(12)19-21-20-18(23-19)11-22-17-10-14(3)13(2)9-15(17)4/h5-10H,11H2,1-4H3. The van der Waals surface area contributed by atoms with Gasteiger partial charge in [0.2, 0.25) is 5.89 Å². The summed E-state index contributed by atoms with van der Waals surface area (Å²) in [5, 5.41) is 8.19. The molecule has 4 nitrogen and oxygen atoms in total. The normalized spacial score (nSPS) is 10.8. The third-order valence-electron chi connectivity index (χ3n) is 3.98. The van der Waals surface area contributed by atoms with Crippen molar-refractivity contribution in [2.45, 2.75) is 34.3 Å². The summed E-state index contributed by atoms with van der Waals surface area (Å²) >= 11 is 0. The van der Waals surface area contributed by atoms with Crippen molar-refractivity contribution in [3.8, 4) is 17.2 Å². The molecule has 0 N–H and O–H groups in total. The molecule has 0 saturated carbocycles. The van der Waals surface area contributed by atoms with Crippen molar-refractivity contribution in [3.63, 3.8) is 0 Å². The number of rotatable bonds is 4. The molecule has 0 aliphatic heterocycles. The Morgan fingerprint density at radius 1 is 0.870 bits per heavy atom. The maximum atomic E-state index is 5.84. The number of aryl methyl sites for hydroxylation is 4. The minimum atomic E-state index is 0.266. The SMILES string of the molecule is Cc1cc(C)c(OCc2nnc(-c3ccccc3C)o2)cc1C. The fourth-order valence-electron chi connectivity index (χ4n) is 2.46. The monoisotopic (exact) mass is 308 g/mol. The van der Waals surface area contributed by atoms with Gasteiger partial charge in [-0.25, -0.2) is 0 Å². The molecule has 0 saturated heterocycles. The molecule has 0 spiro atoms.